The highest BCUT2D eigenvalue weighted by Crippen LogP contribution is 2.32. The van der Waals surface area contributed by atoms with Crippen LogP contribution in [0.2, 0.25) is 0 Å². The Kier molecular flexibility index (Phi) is 4.04. The van der Waals surface area contributed by atoms with Crippen LogP contribution >= 0.6 is 11.3 Å². The number of nitrogens with zero attached hydrogens (tertiary/aromatic N) is 2. The first-order valence-electron chi connectivity index (χ1n) is 6.26. The number of aromatic nitrogens is 1. The van der Waals surface area contributed by atoms with Crippen LogP contribution in [0.25, 0.3) is 0 Å². The van der Waals surface area contributed by atoms with Gasteiger partial charge in [0.25, 0.3) is 5.91 Å². The van der Waals surface area contributed by atoms with Crippen LogP contribution in [0.15, 0.2) is 5.38 Å². The highest BCUT2D eigenvalue weighted by Gasteiger charge is 2.38. The average Bonchev–Trinajstić information content (AvgIpc) is 2.94. The summed E-state index contributed by atoms with van der Waals surface area (Å²) in [5, 5.41) is 11.5. The van der Waals surface area contributed by atoms with Crippen LogP contribution in [-0.2, 0) is 4.79 Å². The van der Waals surface area contributed by atoms with Gasteiger partial charge in [-0.25, -0.2) is 4.98 Å². The third kappa shape index (κ3) is 2.86. The van der Waals surface area contributed by atoms with Crippen molar-refractivity contribution in [3.8, 4) is 0 Å². The Bertz CT molecular complexity index is 488. The molecule has 0 unspecified atom stereocenters. The molecule has 1 fully saturated rings. The highest BCUT2D eigenvalue weighted by atomic mass is 32.1. The zero-order valence-electron chi connectivity index (χ0n) is 10.7. The minimum atomic E-state index is -0.757. The highest BCUT2D eigenvalue weighted by molar-refractivity contribution is 7.13. The van der Waals surface area contributed by atoms with Crippen LogP contribution in [-0.4, -0.2) is 35.1 Å². The Balaban J connectivity index is 2.13. The lowest BCUT2D eigenvalue weighted by Crippen LogP contribution is -2.23. The number of aliphatic carboxylic acids is 1. The Morgan fingerprint density at radius 2 is 2.32 bits per heavy atom. The second-order valence-electron chi connectivity index (χ2n) is 4.78. The molecule has 2 rings (SSSR count). The average molecular weight is 283 g/mol. The molecule has 104 valence electrons. The van der Waals surface area contributed by atoms with E-state index in [9.17, 15) is 14.7 Å². The molecule has 6 nitrogen and oxygen atoms in total. The predicted octanol–water partition coefficient (Wildman–Crippen LogP) is 1.18. The minimum Gasteiger partial charge on any atom is -0.481 e. The molecule has 19 heavy (non-hydrogen) atoms. The Hall–Kier alpha value is -1.63. The normalized spacial score (nSPS) is 22.7. The van der Waals surface area contributed by atoms with E-state index >= 15 is 0 Å². The molecule has 7 heteroatoms. The summed E-state index contributed by atoms with van der Waals surface area (Å²) in [6.07, 6.45) is 1.86. The number of rotatable bonds is 5. The van der Waals surface area contributed by atoms with Crippen LogP contribution in [0.1, 0.15) is 30.3 Å². The lowest BCUT2D eigenvalue weighted by molar-refractivity contribution is -0.142. The Morgan fingerprint density at radius 1 is 1.58 bits per heavy atom. The molecular weight excluding hydrogens is 266 g/mol. The van der Waals surface area contributed by atoms with Crippen molar-refractivity contribution >= 4 is 28.3 Å². The lowest BCUT2D eigenvalue weighted by atomic mass is 9.92. The molecule has 0 bridgehead atoms. The Morgan fingerprint density at radius 3 is 2.84 bits per heavy atom. The van der Waals surface area contributed by atoms with Gasteiger partial charge in [-0.1, -0.05) is 13.3 Å². The van der Waals surface area contributed by atoms with E-state index in [4.69, 9.17) is 5.73 Å². The maximum atomic E-state index is 11.3. The van der Waals surface area contributed by atoms with Gasteiger partial charge in [-0.3, -0.25) is 9.59 Å². The molecule has 1 aliphatic rings. The maximum Gasteiger partial charge on any atom is 0.308 e. The third-order valence-electron chi connectivity index (χ3n) is 3.43. The summed E-state index contributed by atoms with van der Waals surface area (Å²) in [6, 6.07) is 0. The molecule has 0 spiro atoms. The topological polar surface area (TPSA) is 96.5 Å². The van der Waals surface area contributed by atoms with E-state index in [0.717, 1.165) is 12.8 Å². The number of hydrogen-bond acceptors (Lipinski definition) is 5. The van der Waals surface area contributed by atoms with Crippen molar-refractivity contribution in [2.24, 2.45) is 17.6 Å². The molecule has 3 N–H and O–H groups in total. The molecular formula is C12H17N3O3S. The summed E-state index contributed by atoms with van der Waals surface area (Å²) in [5.74, 6) is -1.53. The summed E-state index contributed by atoms with van der Waals surface area (Å²) in [5.41, 5.74) is 5.41. The van der Waals surface area contributed by atoms with Gasteiger partial charge in [0.15, 0.2) is 5.13 Å². The molecule has 1 aliphatic heterocycles. The smallest absolute Gasteiger partial charge is 0.308 e. The molecule has 0 saturated carbocycles. The van der Waals surface area contributed by atoms with Gasteiger partial charge in [0.2, 0.25) is 0 Å². The van der Waals surface area contributed by atoms with Gasteiger partial charge >= 0.3 is 5.97 Å². The summed E-state index contributed by atoms with van der Waals surface area (Å²) < 4.78 is 0. The molecule has 1 aromatic rings. The fourth-order valence-corrected chi connectivity index (χ4v) is 3.33. The summed E-state index contributed by atoms with van der Waals surface area (Å²) >= 11 is 1.33. The van der Waals surface area contributed by atoms with Crippen LogP contribution in [0.5, 0.6) is 0 Å². The van der Waals surface area contributed by atoms with E-state index in [1.807, 2.05) is 4.90 Å². The lowest BCUT2D eigenvalue weighted by Gasteiger charge is -2.14. The van der Waals surface area contributed by atoms with Gasteiger partial charge in [-0.2, -0.15) is 0 Å². The van der Waals surface area contributed by atoms with Gasteiger partial charge in [-0.05, 0) is 12.3 Å². The zero-order valence-corrected chi connectivity index (χ0v) is 11.5. The number of thiazole rings is 1. The van der Waals surface area contributed by atoms with Crippen LogP contribution < -0.4 is 10.6 Å². The van der Waals surface area contributed by atoms with Crippen molar-refractivity contribution in [3.05, 3.63) is 11.1 Å². The van der Waals surface area contributed by atoms with Crippen molar-refractivity contribution in [1.29, 1.82) is 0 Å². The molecule has 0 radical (unpaired) electrons. The monoisotopic (exact) mass is 283 g/mol. The SMILES string of the molecule is CCC[C@@H]1CN(c2nc(C(N)=O)cs2)C[C@H]1C(=O)O. The fraction of sp³-hybridized carbons (Fsp3) is 0.583. The second kappa shape index (κ2) is 5.56. The number of hydrogen-bond donors (Lipinski definition) is 2. The number of carboxylic acids is 1. The quantitative estimate of drug-likeness (QED) is 0.845. The first-order valence-corrected chi connectivity index (χ1v) is 7.14. The molecule has 0 aliphatic carbocycles. The molecule has 1 amide bonds. The molecule has 2 atom stereocenters. The number of carbonyl (C=O) groups excluding carboxylic acids is 1. The van der Waals surface area contributed by atoms with Crippen LogP contribution in [0.4, 0.5) is 5.13 Å². The summed E-state index contributed by atoms with van der Waals surface area (Å²) in [7, 11) is 0. The van der Waals surface area contributed by atoms with Crippen molar-refractivity contribution in [2.45, 2.75) is 19.8 Å². The van der Waals surface area contributed by atoms with E-state index in [-0.39, 0.29) is 17.5 Å². The van der Waals surface area contributed by atoms with E-state index in [1.165, 1.54) is 11.3 Å². The summed E-state index contributed by atoms with van der Waals surface area (Å²) in [6.45, 7) is 3.18. The number of carbonyl (C=O) groups is 2. The van der Waals surface area contributed by atoms with Crippen molar-refractivity contribution in [1.82, 2.24) is 4.98 Å². The number of anilines is 1. The molecule has 1 aromatic heterocycles. The molecule has 0 aromatic carbocycles. The second-order valence-corrected chi connectivity index (χ2v) is 5.61. The number of primary amides is 1. The van der Waals surface area contributed by atoms with E-state index in [0.29, 0.717) is 18.2 Å². The first kappa shape index (κ1) is 13.8. The van der Waals surface area contributed by atoms with Gasteiger partial charge in [-0.15, -0.1) is 11.3 Å². The van der Waals surface area contributed by atoms with Gasteiger partial charge in [0.05, 0.1) is 5.92 Å². The van der Waals surface area contributed by atoms with Crippen LogP contribution in [0, 0.1) is 11.8 Å². The zero-order chi connectivity index (χ0) is 14.0. The summed E-state index contributed by atoms with van der Waals surface area (Å²) in [4.78, 5) is 28.4. The number of nitrogens with two attached hydrogens (primary N) is 1. The van der Waals surface area contributed by atoms with Crippen molar-refractivity contribution in [2.75, 3.05) is 18.0 Å². The predicted molar refractivity (Wildman–Crippen MR) is 72.4 cm³/mol. The largest absolute Gasteiger partial charge is 0.481 e. The Labute approximate surface area is 115 Å². The molecule has 1 saturated heterocycles. The van der Waals surface area contributed by atoms with Gasteiger partial charge < -0.3 is 15.7 Å². The van der Waals surface area contributed by atoms with E-state index in [1.54, 1.807) is 5.38 Å². The van der Waals surface area contributed by atoms with Gasteiger partial charge in [0, 0.05) is 18.5 Å². The van der Waals surface area contributed by atoms with E-state index in [2.05, 4.69) is 11.9 Å². The standard InChI is InChI=1S/C12H17N3O3S/c1-2-3-7-4-15(5-8(7)11(17)18)12-14-9(6-19-12)10(13)16/h6-8H,2-5H2,1H3,(H2,13,16)(H,17,18)/t7-,8-/m1/s1. The number of amides is 1. The molecule has 2 heterocycles. The third-order valence-corrected chi connectivity index (χ3v) is 4.33. The minimum absolute atomic E-state index is 0.142. The van der Waals surface area contributed by atoms with Crippen LogP contribution in [0.3, 0.4) is 0 Å². The first-order chi connectivity index (χ1) is 9.02. The van der Waals surface area contributed by atoms with Crippen molar-refractivity contribution in [3.63, 3.8) is 0 Å². The van der Waals surface area contributed by atoms with Crippen molar-refractivity contribution < 1.29 is 14.7 Å². The number of carboxylic acid groups (broad SMARTS) is 1. The maximum absolute atomic E-state index is 11.3. The van der Waals surface area contributed by atoms with E-state index < -0.39 is 11.9 Å². The van der Waals surface area contributed by atoms with Gasteiger partial charge in [0.1, 0.15) is 5.69 Å². The fourth-order valence-electron chi connectivity index (χ4n) is 2.49.